The van der Waals surface area contributed by atoms with Gasteiger partial charge in [0.1, 0.15) is 6.04 Å². The molecule has 0 aliphatic heterocycles. The van der Waals surface area contributed by atoms with Crippen LogP contribution in [0, 0.1) is 11.3 Å². The van der Waals surface area contributed by atoms with Crippen LogP contribution in [0.5, 0.6) is 0 Å². The molecule has 0 saturated carbocycles. The molecule has 3 amide bonds. The minimum atomic E-state index is -0.726. The van der Waals surface area contributed by atoms with Gasteiger partial charge in [0.15, 0.2) is 0 Å². The van der Waals surface area contributed by atoms with Crippen molar-refractivity contribution in [2.45, 2.75) is 85.9 Å². The summed E-state index contributed by atoms with van der Waals surface area (Å²) in [4.78, 5) is 42.9. The number of hydrogen-bond donors (Lipinski definition) is 2. The summed E-state index contributed by atoms with van der Waals surface area (Å²) in [5.41, 5.74) is 0.0260. The summed E-state index contributed by atoms with van der Waals surface area (Å²) in [6.45, 7) is 18.5. The molecule has 0 saturated heterocycles. The molecule has 198 valence electrons. The van der Waals surface area contributed by atoms with E-state index < -0.39 is 22.9 Å². The number of nitrogens with one attached hydrogen (secondary N) is 2. The van der Waals surface area contributed by atoms with Crippen LogP contribution in [0.15, 0.2) is 30.3 Å². The number of carbonyl (C=O) groups excluding carboxylic acids is 3. The van der Waals surface area contributed by atoms with E-state index in [1.165, 1.54) is 0 Å². The first kappa shape index (κ1) is 30.6. The van der Waals surface area contributed by atoms with E-state index >= 15 is 0 Å². The van der Waals surface area contributed by atoms with Gasteiger partial charge in [0.2, 0.25) is 17.7 Å². The molecule has 1 rings (SSSR count). The lowest BCUT2D eigenvalue weighted by Crippen LogP contribution is -2.62. The topological polar surface area (TPSA) is 81.8 Å². The lowest BCUT2D eigenvalue weighted by molar-refractivity contribution is -0.143. The summed E-state index contributed by atoms with van der Waals surface area (Å²) in [7, 11) is 3.54. The third-order valence-corrected chi connectivity index (χ3v) is 7.04. The lowest BCUT2D eigenvalue weighted by atomic mass is 9.76. The highest BCUT2D eigenvalue weighted by Crippen LogP contribution is 2.29. The van der Waals surface area contributed by atoms with E-state index in [4.69, 9.17) is 0 Å². The van der Waals surface area contributed by atoms with Crippen molar-refractivity contribution in [3.8, 4) is 0 Å². The van der Waals surface area contributed by atoms with Gasteiger partial charge in [0.05, 0.1) is 12.1 Å². The molecule has 1 aromatic rings. The van der Waals surface area contributed by atoms with E-state index in [1.807, 2.05) is 85.7 Å². The first-order valence-electron chi connectivity index (χ1n) is 12.6. The van der Waals surface area contributed by atoms with Crippen molar-refractivity contribution in [2.75, 3.05) is 27.2 Å². The van der Waals surface area contributed by atoms with Gasteiger partial charge in [-0.2, -0.15) is 0 Å². The Labute approximate surface area is 213 Å². The molecule has 0 bridgehead atoms. The van der Waals surface area contributed by atoms with Gasteiger partial charge in [-0.05, 0) is 30.9 Å². The molecule has 0 radical (unpaired) electrons. The summed E-state index contributed by atoms with van der Waals surface area (Å²) < 4.78 is 0. The second-order valence-electron chi connectivity index (χ2n) is 11.4. The van der Waals surface area contributed by atoms with Crippen LogP contribution in [-0.2, 0) is 19.8 Å². The van der Waals surface area contributed by atoms with Gasteiger partial charge in [-0.15, -0.1) is 0 Å². The van der Waals surface area contributed by atoms with E-state index in [1.54, 1.807) is 30.8 Å². The molecule has 0 aliphatic rings. The largest absolute Gasteiger partial charge is 0.342 e. The molecule has 35 heavy (non-hydrogen) atoms. The third-order valence-electron chi connectivity index (χ3n) is 7.04. The van der Waals surface area contributed by atoms with E-state index in [0.29, 0.717) is 13.1 Å². The highest BCUT2D eigenvalue weighted by Gasteiger charge is 2.41. The lowest BCUT2D eigenvalue weighted by Gasteiger charge is -2.41. The molecule has 2 N–H and O–H groups in total. The van der Waals surface area contributed by atoms with Crippen molar-refractivity contribution < 1.29 is 14.4 Å². The highest BCUT2D eigenvalue weighted by molar-refractivity contribution is 5.91. The first-order valence-corrected chi connectivity index (χ1v) is 12.6. The van der Waals surface area contributed by atoms with Gasteiger partial charge in [-0.3, -0.25) is 14.4 Å². The Bertz CT molecular complexity index is 846. The Morgan fingerprint density at radius 2 is 1.51 bits per heavy atom. The van der Waals surface area contributed by atoms with Gasteiger partial charge in [-0.25, -0.2) is 0 Å². The van der Waals surface area contributed by atoms with Crippen molar-refractivity contribution in [2.24, 2.45) is 11.3 Å². The maximum atomic E-state index is 13.8. The van der Waals surface area contributed by atoms with Gasteiger partial charge in [-0.1, -0.05) is 78.8 Å². The van der Waals surface area contributed by atoms with E-state index in [-0.39, 0.29) is 29.7 Å². The number of nitrogens with zero attached hydrogens (tertiary/aromatic N) is 2. The maximum Gasteiger partial charge on any atom is 0.245 e. The van der Waals surface area contributed by atoms with E-state index in [9.17, 15) is 14.4 Å². The minimum Gasteiger partial charge on any atom is -0.342 e. The first-order chi connectivity index (χ1) is 16.1. The van der Waals surface area contributed by atoms with Gasteiger partial charge < -0.3 is 20.4 Å². The molecule has 0 aliphatic carbocycles. The number of amides is 3. The standard InChI is InChI=1S/C28H48N4O3/c1-12-32(20(4)33)18-22(19(2)3)31(11)26(35)24(27(5,6)7)30-25(34)23(29-10)28(8,9)21-16-14-13-15-17-21/h13-17,19,22-24,29H,12,18H2,1-11H3,(H,30,34)/t22-,23-,24-/m1/s1. The van der Waals surface area contributed by atoms with Crippen molar-refractivity contribution in [1.29, 1.82) is 0 Å². The predicted molar refractivity (Wildman–Crippen MR) is 143 cm³/mol. The van der Waals surface area contributed by atoms with Crippen molar-refractivity contribution >= 4 is 17.7 Å². The van der Waals surface area contributed by atoms with Crippen LogP contribution in [0.4, 0.5) is 0 Å². The van der Waals surface area contributed by atoms with Gasteiger partial charge in [0, 0.05) is 32.5 Å². The average molecular weight is 489 g/mol. The summed E-state index contributed by atoms with van der Waals surface area (Å²) in [5, 5.41) is 6.25. The Hall–Kier alpha value is -2.41. The van der Waals surface area contributed by atoms with Crippen LogP contribution in [0.2, 0.25) is 0 Å². The van der Waals surface area contributed by atoms with Crippen molar-refractivity contribution in [3.05, 3.63) is 35.9 Å². The predicted octanol–water partition coefficient (Wildman–Crippen LogP) is 3.43. The average Bonchev–Trinajstić information content (AvgIpc) is 2.76. The normalized spacial score (nSPS) is 14.7. The fraction of sp³-hybridized carbons (Fsp3) is 0.679. The Balaban J connectivity index is 3.24. The molecule has 0 unspecified atom stereocenters. The zero-order chi connectivity index (χ0) is 27.1. The monoisotopic (exact) mass is 488 g/mol. The van der Waals surface area contributed by atoms with Gasteiger partial charge in [0.25, 0.3) is 0 Å². The molecule has 7 nitrogen and oxygen atoms in total. The molecule has 3 atom stereocenters. The molecule has 0 aromatic heterocycles. The fourth-order valence-corrected chi connectivity index (χ4v) is 4.58. The summed E-state index contributed by atoms with van der Waals surface area (Å²) >= 11 is 0. The molecular weight excluding hydrogens is 440 g/mol. The van der Waals surface area contributed by atoms with Crippen molar-refractivity contribution in [1.82, 2.24) is 20.4 Å². The second kappa shape index (κ2) is 12.5. The number of carbonyl (C=O) groups is 3. The zero-order valence-corrected chi connectivity index (χ0v) is 23.7. The number of rotatable bonds is 11. The summed E-state index contributed by atoms with van der Waals surface area (Å²) in [6, 6.07) is 8.47. The van der Waals surface area contributed by atoms with Crippen LogP contribution < -0.4 is 10.6 Å². The molecule has 1 aromatic carbocycles. The van der Waals surface area contributed by atoms with Crippen LogP contribution >= 0.6 is 0 Å². The number of benzene rings is 1. The molecule has 7 heteroatoms. The quantitative estimate of drug-likeness (QED) is 0.500. The van der Waals surface area contributed by atoms with Crippen LogP contribution in [0.25, 0.3) is 0 Å². The number of likely N-dealkylation sites (N-methyl/N-ethyl adjacent to an activating group) is 3. The van der Waals surface area contributed by atoms with Crippen molar-refractivity contribution in [3.63, 3.8) is 0 Å². The Morgan fingerprint density at radius 3 is 1.91 bits per heavy atom. The van der Waals surface area contributed by atoms with Gasteiger partial charge >= 0.3 is 0 Å². The zero-order valence-electron chi connectivity index (χ0n) is 23.7. The van der Waals surface area contributed by atoms with E-state index in [2.05, 4.69) is 10.6 Å². The Kier molecular flexibility index (Phi) is 11.0. The smallest absolute Gasteiger partial charge is 0.245 e. The molecule has 0 spiro atoms. The molecular formula is C28H48N4O3. The van der Waals surface area contributed by atoms with Crippen LogP contribution in [-0.4, -0.2) is 72.8 Å². The summed E-state index contributed by atoms with van der Waals surface area (Å²) in [5.74, 6) is -0.255. The molecule has 0 fully saturated rings. The second-order valence-corrected chi connectivity index (χ2v) is 11.4. The van der Waals surface area contributed by atoms with E-state index in [0.717, 1.165) is 5.56 Å². The third kappa shape index (κ3) is 7.79. The molecule has 0 heterocycles. The number of hydrogen-bond acceptors (Lipinski definition) is 4. The SMILES string of the molecule is CCN(C[C@H](C(C)C)N(C)C(=O)[C@@H](NC(=O)[C@@H](NC)C(C)(C)c1ccccc1)C(C)(C)C)C(C)=O. The van der Waals surface area contributed by atoms with Crippen LogP contribution in [0.1, 0.15) is 67.9 Å². The fourth-order valence-electron chi connectivity index (χ4n) is 4.58. The summed E-state index contributed by atoms with van der Waals surface area (Å²) in [6.07, 6.45) is 0. The minimum absolute atomic E-state index is 0.0142. The maximum absolute atomic E-state index is 13.8. The Morgan fingerprint density at radius 1 is 0.971 bits per heavy atom. The highest BCUT2D eigenvalue weighted by atomic mass is 16.2. The van der Waals surface area contributed by atoms with Crippen LogP contribution in [0.3, 0.4) is 0 Å².